The van der Waals surface area contributed by atoms with Crippen LogP contribution in [0.25, 0.3) is 17.2 Å². The highest BCUT2D eigenvalue weighted by Gasteiger charge is 2.13. The molecular weight excluding hydrogens is 404 g/mol. The molecule has 0 saturated carbocycles. The lowest BCUT2D eigenvalue weighted by Gasteiger charge is -2.19. The summed E-state index contributed by atoms with van der Waals surface area (Å²) in [6.45, 7) is 7.09. The van der Waals surface area contributed by atoms with Crippen LogP contribution in [0.5, 0.6) is 0 Å². The Morgan fingerprint density at radius 3 is 2.31 bits per heavy atom. The molecule has 0 unspecified atom stereocenters. The summed E-state index contributed by atoms with van der Waals surface area (Å²) in [7, 11) is 1.77. The first-order valence-corrected chi connectivity index (χ1v) is 11.2. The van der Waals surface area contributed by atoms with Crippen molar-refractivity contribution >= 4 is 23.8 Å². The minimum absolute atomic E-state index is 0.110. The largest absolute Gasteiger partial charge is 0.487 e. The van der Waals surface area contributed by atoms with Crippen molar-refractivity contribution in [2.24, 2.45) is 0 Å². The molecule has 0 aliphatic rings. The van der Waals surface area contributed by atoms with E-state index in [1.54, 1.807) is 24.9 Å². The van der Waals surface area contributed by atoms with Crippen molar-refractivity contribution in [2.75, 3.05) is 31.7 Å². The summed E-state index contributed by atoms with van der Waals surface area (Å²) in [5.74, 6) is -0.280. The molecule has 32 heavy (non-hydrogen) atoms. The van der Waals surface area contributed by atoms with E-state index in [0.717, 1.165) is 41.6 Å². The Hall–Kier alpha value is -3.28. The molecule has 6 heteroatoms. The van der Waals surface area contributed by atoms with Crippen LogP contribution in [0.15, 0.2) is 54.3 Å². The summed E-state index contributed by atoms with van der Waals surface area (Å²) < 4.78 is 10.5. The van der Waals surface area contributed by atoms with Crippen molar-refractivity contribution in [1.82, 2.24) is 5.32 Å². The Kier molecular flexibility index (Phi) is 10.3. The van der Waals surface area contributed by atoms with Crippen LogP contribution < -0.4 is 10.2 Å². The van der Waals surface area contributed by atoms with Gasteiger partial charge in [0.2, 0.25) is 5.76 Å². The van der Waals surface area contributed by atoms with Crippen molar-refractivity contribution in [1.29, 1.82) is 0 Å². The number of carbonyl (C=O) groups is 2. The molecule has 2 rings (SSSR count). The summed E-state index contributed by atoms with van der Waals surface area (Å²) in [6.07, 6.45) is 4.89. The molecule has 2 aromatic rings. The first-order valence-electron chi connectivity index (χ1n) is 11.2. The lowest BCUT2D eigenvalue weighted by Crippen LogP contribution is -2.37. The summed E-state index contributed by atoms with van der Waals surface area (Å²) >= 11 is 0. The molecule has 0 aromatic heterocycles. The summed E-state index contributed by atoms with van der Waals surface area (Å²) in [4.78, 5) is 26.1. The van der Waals surface area contributed by atoms with E-state index >= 15 is 0 Å². The van der Waals surface area contributed by atoms with Crippen LogP contribution in [0, 0.1) is 0 Å². The number of hydrogen-bond acceptors (Lipinski definition) is 4. The number of unbranched alkanes of at least 4 members (excludes halogenated alkanes) is 2. The Labute approximate surface area is 191 Å². The molecule has 0 radical (unpaired) electrons. The van der Waals surface area contributed by atoms with Crippen LogP contribution in [-0.2, 0) is 14.3 Å². The van der Waals surface area contributed by atoms with Crippen LogP contribution in [-0.4, -0.2) is 38.8 Å². The van der Waals surface area contributed by atoms with Gasteiger partial charge in [0.05, 0.1) is 13.2 Å². The predicted molar refractivity (Wildman–Crippen MR) is 129 cm³/mol. The summed E-state index contributed by atoms with van der Waals surface area (Å²) in [5.41, 5.74) is 3.67. The third kappa shape index (κ3) is 7.45. The van der Waals surface area contributed by atoms with Gasteiger partial charge < -0.3 is 14.8 Å². The van der Waals surface area contributed by atoms with Gasteiger partial charge in [-0.3, -0.25) is 4.90 Å². The molecular formula is C26H34N2O4. The van der Waals surface area contributed by atoms with Gasteiger partial charge in [-0.1, -0.05) is 56.2 Å². The van der Waals surface area contributed by atoms with Gasteiger partial charge >= 0.3 is 12.0 Å². The van der Waals surface area contributed by atoms with Crippen LogP contribution in [0.4, 0.5) is 10.5 Å². The number of carbonyl (C=O) groups excluding carboxylic acids is 2. The van der Waals surface area contributed by atoms with Crippen molar-refractivity contribution in [3.63, 3.8) is 0 Å². The fraction of sp³-hybridized carbons (Fsp3) is 0.385. The van der Waals surface area contributed by atoms with E-state index < -0.39 is 5.97 Å². The smallest absolute Gasteiger partial charge is 0.373 e. The van der Waals surface area contributed by atoms with E-state index in [9.17, 15) is 9.59 Å². The number of amides is 2. The maximum absolute atomic E-state index is 12.4. The topological polar surface area (TPSA) is 67.9 Å². The Balaban J connectivity index is 2.13. The fourth-order valence-corrected chi connectivity index (χ4v) is 3.14. The lowest BCUT2D eigenvalue weighted by atomic mass is 10.0. The van der Waals surface area contributed by atoms with Gasteiger partial charge in [-0.05, 0) is 55.2 Å². The summed E-state index contributed by atoms with van der Waals surface area (Å²) in [5, 5.41) is 2.96. The number of anilines is 1. The van der Waals surface area contributed by atoms with Crippen LogP contribution in [0.1, 0.15) is 45.6 Å². The molecule has 2 amide bonds. The number of nitrogens with zero attached hydrogens (tertiary/aromatic N) is 1. The molecule has 0 spiro atoms. The van der Waals surface area contributed by atoms with Gasteiger partial charge in [0.1, 0.15) is 0 Å². The van der Waals surface area contributed by atoms with Gasteiger partial charge in [-0.2, -0.15) is 0 Å². The molecule has 0 atom stereocenters. The number of urea groups is 1. The van der Waals surface area contributed by atoms with E-state index in [-0.39, 0.29) is 11.8 Å². The van der Waals surface area contributed by atoms with Gasteiger partial charge in [0.25, 0.3) is 0 Å². The molecule has 0 bridgehead atoms. The van der Waals surface area contributed by atoms with Crippen molar-refractivity contribution < 1.29 is 19.1 Å². The molecule has 172 valence electrons. The number of esters is 1. The van der Waals surface area contributed by atoms with Crippen molar-refractivity contribution in [3.05, 3.63) is 59.9 Å². The average Bonchev–Trinajstić information content (AvgIpc) is 2.81. The van der Waals surface area contributed by atoms with Crippen LogP contribution in [0.3, 0.4) is 0 Å². The molecule has 0 saturated heterocycles. The third-order valence-corrected chi connectivity index (χ3v) is 4.91. The van der Waals surface area contributed by atoms with E-state index in [2.05, 4.69) is 12.2 Å². The highest BCUT2D eigenvalue weighted by Crippen LogP contribution is 2.25. The number of hydrogen-bond donors (Lipinski definition) is 1. The zero-order valence-electron chi connectivity index (χ0n) is 19.5. The molecule has 1 N–H and O–H groups in total. The van der Waals surface area contributed by atoms with Crippen LogP contribution >= 0.6 is 0 Å². The van der Waals surface area contributed by atoms with E-state index in [1.165, 1.54) is 0 Å². The predicted octanol–water partition coefficient (Wildman–Crippen LogP) is 5.63. The highest BCUT2D eigenvalue weighted by atomic mass is 16.6. The average molecular weight is 439 g/mol. The van der Waals surface area contributed by atoms with E-state index in [0.29, 0.717) is 19.8 Å². The van der Waals surface area contributed by atoms with Gasteiger partial charge in [-0.25, -0.2) is 9.59 Å². The third-order valence-electron chi connectivity index (χ3n) is 4.91. The Bertz CT molecular complexity index is 906. The monoisotopic (exact) mass is 438 g/mol. The van der Waals surface area contributed by atoms with Crippen LogP contribution in [0.2, 0.25) is 0 Å². The molecule has 2 aromatic carbocycles. The van der Waals surface area contributed by atoms with E-state index in [4.69, 9.17) is 9.47 Å². The fourth-order valence-electron chi connectivity index (χ4n) is 3.14. The quantitative estimate of drug-likeness (QED) is 0.214. The number of ether oxygens (including phenoxy) is 2. The van der Waals surface area contributed by atoms with Gasteiger partial charge in [0.15, 0.2) is 0 Å². The standard InChI is InChI=1S/C26H34N2O4/c1-5-8-9-17-27-26(30)28(4)23-12-10-11-22(19-23)21-15-13-20(14-16-21)18-24(31-6-2)25(29)32-7-3/h10-16,18-19H,5-9,17H2,1-4H3,(H,27,30). The summed E-state index contributed by atoms with van der Waals surface area (Å²) in [6, 6.07) is 15.5. The molecule has 0 aliphatic heterocycles. The zero-order chi connectivity index (χ0) is 23.3. The first kappa shape index (κ1) is 25.0. The maximum Gasteiger partial charge on any atom is 0.373 e. The zero-order valence-corrected chi connectivity index (χ0v) is 19.5. The SMILES string of the molecule is CCCCCNC(=O)N(C)c1cccc(-c2ccc(C=C(OCC)C(=O)OCC)cc2)c1. The normalized spacial score (nSPS) is 11.1. The van der Waals surface area contributed by atoms with Crippen molar-refractivity contribution in [2.45, 2.75) is 40.0 Å². The second-order valence-electron chi connectivity index (χ2n) is 7.33. The molecule has 6 nitrogen and oxygen atoms in total. The van der Waals surface area contributed by atoms with Gasteiger partial charge in [-0.15, -0.1) is 0 Å². The Morgan fingerprint density at radius 1 is 0.938 bits per heavy atom. The minimum Gasteiger partial charge on any atom is -0.487 e. The number of benzene rings is 2. The maximum atomic E-state index is 12.4. The first-order chi connectivity index (χ1) is 15.5. The minimum atomic E-state index is -0.470. The lowest BCUT2D eigenvalue weighted by molar-refractivity contribution is -0.142. The second-order valence-corrected chi connectivity index (χ2v) is 7.33. The number of nitrogens with one attached hydrogen (secondary N) is 1. The van der Waals surface area contributed by atoms with Crippen molar-refractivity contribution in [3.8, 4) is 11.1 Å². The Morgan fingerprint density at radius 2 is 1.66 bits per heavy atom. The second kappa shape index (κ2) is 13.2. The molecule has 0 heterocycles. The highest BCUT2D eigenvalue weighted by molar-refractivity contribution is 5.92. The number of rotatable bonds is 11. The van der Waals surface area contributed by atoms with Gasteiger partial charge in [0, 0.05) is 19.3 Å². The molecule has 0 fully saturated rings. The molecule has 0 aliphatic carbocycles. The van der Waals surface area contributed by atoms with E-state index in [1.807, 2.05) is 55.5 Å².